The number of unbranched alkanes of at least 4 members (excludes halogenated alkanes) is 10. The number of ether oxygens (including phenoxy) is 1. The number of benzene rings is 1. The van der Waals surface area contributed by atoms with Gasteiger partial charge >= 0.3 is 7.82 Å². The molecule has 0 radical (unpaired) electrons. The van der Waals surface area contributed by atoms with Crippen LogP contribution in [0, 0.1) is 17.1 Å². The lowest BCUT2D eigenvalue weighted by atomic mass is 10.0. The van der Waals surface area contributed by atoms with Crippen molar-refractivity contribution in [2.24, 2.45) is 0 Å². The molecule has 176 valence electrons. The van der Waals surface area contributed by atoms with E-state index in [0.29, 0.717) is 12.0 Å². The van der Waals surface area contributed by atoms with Crippen LogP contribution in [0.25, 0.3) is 0 Å². The molecule has 0 aliphatic carbocycles. The summed E-state index contributed by atoms with van der Waals surface area (Å²) < 4.78 is 34.9. The minimum atomic E-state index is -4.59. The third kappa shape index (κ3) is 15.2. The minimum Gasteiger partial charge on any atom is -0.371 e. The second-order valence-electron chi connectivity index (χ2n) is 8.00. The summed E-state index contributed by atoms with van der Waals surface area (Å²) in [5, 5.41) is 8.94. The van der Waals surface area contributed by atoms with Crippen molar-refractivity contribution in [2.45, 2.75) is 96.7 Å². The van der Waals surface area contributed by atoms with Crippen LogP contribution in [0.5, 0.6) is 0 Å². The van der Waals surface area contributed by atoms with Crippen molar-refractivity contribution in [1.29, 1.82) is 5.26 Å². The summed E-state index contributed by atoms with van der Waals surface area (Å²) in [6, 6.07) is 5.85. The summed E-state index contributed by atoms with van der Waals surface area (Å²) in [7, 11) is -4.59. The highest BCUT2D eigenvalue weighted by atomic mass is 31.2. The van der Waals surface area contributed by atoms with E-state index in [1.54, 1.807) is 0 Å². The van der Waals surface area contributed by atoms with Gasteiger partial charge in [-0.2, -0.15) is 5.26 Å². The van der Waals surface area contributed by atoms with E-state index in [-0.39, 0.29) is 18.8 Å². The lowest BCUT2D eigenvalue weighted by Crippen LogP contribution is -2.19. The molecular weight excluding hydrogens is 420 g/mol. The zero-order valence-electron chi connectivity index (χ0n) is 18.6. The molecule has 0 bridgehead atoms. The van der Waals surface area contributed by atoms with Gasteiger partial charge in [-0.1, -0.05) is 77.6 Å². The van der Waals surface area contributed by atoms with E-state index >= 15 is 0 Å². The summed E-state index contributed by atoms with van der Waals surface area (Å²) in [6.07, 6.45) is 13.4. The average Bonchev–Trinajstić information content (AvgIpc) is 2.72. The zero-order valence-corrected chi connectivity index (χ0v) is 19.5. The highest BCUT2D eigenvalue weighted by molar-refractivity contribution is 7.46. The molecule has 0 aromatic heterocycles. The highest BCUT2D eigenvalue weighted by Crippen LogP contribution is 2.36. The second kappa shape index (κ2) is 16.4. The van der Waals surface area contributed by atoms with Gasteiger partial charge in [-0.15, -0.1) is 0 Å². The van der Waals surface area contributed by atoms with Crippen molar-refractivity contribution < 1.29 is 28.0 Å². The lowest BCUT2D eigenvalue weighted by Gasteiger charge is -2.18. The normalized spacial score (nSPS) is 12.6. The van der Waals surface area contributed by atoms with Gasteiger partial charge in [0.15, 0.2) is 0 Å². The average molecular weight is 458 g/mol. The van der Waals surface area contributed by atoms with Crippen LogP contribution >= 0.6 is 7.82 Å². The first kappa shape index (κ1) is 27.7. The summed E-state index contributed by atoms with van der Waals surface area (Å²) in [6.45, 7) is 2.03. The molecule has 0 amide bonds. The maximum atomic E-state index is 13.6. The fourth-order valence-electron chi connectivity index (χ4n) is 3.44. The number of nitriles is 1. The van der Waals surface area contributed by atoms with E-state index in [0.717, 1.165) is 25.3 Å². The lowest BCUT2D eigenvalue weighted by molar-refractivity contribution is -0.00383. The Labute approximate surface area is 186 Å². The van der Waals surface area contributed by atoms with Crippen molar-refractivity contribution in [2.75, 3.05) is 6.61 Å². The topological polar surface area (TPSA) is 99.8 Å². The SMILES string of the molecule is CCCCCCCCCCCCC[C@@H](COP(=O)(O)O)OCc1cc(F)cc(C#N)c1. The van der Waals surface area contributed by atoms with E-state index in [9.17, 15) is 8.96 Å². The first-order valence-corrected chi connectivity index (χ1v) is 12.9. The van der Waals surface area contributed by atoms with Gasteiger partial charge in [0.1, 0.15) is 5.82 Å². The van der Waals surface area contributed by atoms with Gasteiger partial charge in [0, 0.05) is 0 Å². The predicted octanol–water partition coefficient (Wildman–Crippen LogP) is 6.39. The molecule has 0 unspecified atom stereocenters. The number of phosphoric ester groups is 1. The number of hydrogen-bond acceptors (Lipinski definition) is 4. The molecule has 1 rings (SSSR count). The molecule has 2 N–H and O–H groups in total. The number of nitrogens with zero attached hydrogens (tertiary/aromatic N) is 1. The molecule has 8 heteroatoms. The Morgan fingerprint density at radius 2 is 1.58 bits per heavy atom. The van der Waals surface area contributed by atoms with Crippen molar-refractivity contribution in [3.8, 4) is 6.07 Å². The summed E-state index contributed by atoms with van der Waals surface area (Å²) in [5.41, 5.74) is 0.698. The third-order valence-corrected chi connectivity index (χ3v) is 5.62. The number of halogens is 1. The fraction of sp³-hybridized carbons (Fsp3) is 0.696. The Balaban J connectivity index is 2.32. The number of phosphoric acid groups is 1. The Bertz CT molecular complexity index is 704. The Morgan fingerprint density at radius 3 is 2.13 bits per heavy atom. The Kier molecular flexibility index (Phi) is 14.6. The van der Waals surface area contributed by atoms with Crippen LogP contribution in [0.1, 0.15) is 95.1 Å². The summed E-state index contributed by atoms with van der Waals surface area (Å²) in [5.74, 6) is -0.522. The van der Waals surface area contributed by atoms with Gasteiger partial charge in [-0.3, -0.25) is 4.52 Å². The molecule has 0 aliphatic rings. The Hall–Kier alpha value is -1.29. The first-order valence-electron chi connectivity index (χ1n) is 11.3. The maximum Gasteiger partial charge on any atom is 0.469 e. The molecule has 0 fully saturated rings. The van der Waals surface area contributed by atoms with Crippen LogP contribution in [0.15, 0.2) is 18.2 Å². The fourth-order valence-corrected chi connectivity index (χ4v) is 3.80. The van der Waals surface area contributed by atoms with E-state index in [1.165, 1.54) is 63.5 Å². The third-order valence-electron chi connectivity index (χ3n) is 5.13. The molecule has 0 saturated carbocycles. The largest absolute Gasteiger partial charge is 0.469 e. The van der Waals surface area contributed by atoms with Crippen LogP contribution in [-0.2, 0) is 20.4 Å². The van der Waals surface area contributed by atoms with E-state index in [4.69, 9.17) is 19.8 Å². The molecule has 0 spiro atoms. The van der Waals surface area contributed by atoms with Crippen LogP contribution < -0.4 is 0 Å². The molecule has 6 nitrogen and oxygen atoms in total. The van der Waals surface area contributed by atoms with Crippen LogP contribution in [0.3, 0.4) is 0 Å². The van der Waals surface area contributed by atoms with Gasteiger partial charge in [0.25, 0.3) is 0 Å². The van der Waals surface area contributed by atoms with Crippen LogP contribution in [-0.4, -0.2) is 22.5 Å². The summed E-state index contributed by atoms with van der Waals surface area (Å²) >= 11 is 0. The highest BCUT2D eigenvalue weighted by Gasteiger charge is 2.19. The first-order chi connectivity index (χ1) is 14.8. The molecule has 31 heavy (non-hydrogen) atoms. The Morgan fingerprint density at radius 1 is 1.00 bits per heavy atom. The molecule has 0 saturated heterocycles. The molecule has 1 aromatic carbocycles. The van der Waals surface area contributed by atoms with Crippen molar-refractivity contribution in [1.82, 2.24) is 0 Å². The second-order valence-corrected chi connectivity index (χ2v) is 9.24. The smallest absolute Gasteiger partial charge is 0.371 e. The van der Waals surface area contributed by atoms with Crippen LogP contribution in [0.2, 0.25) is 0 Å². The van der Waals surface area contributed by atoms with Gasteiger partial charge in [-0.05, 0) is 30.2 Å². The monoisotopic (exact) mass is 457 g/mol. The van der Waals surface area contributed by atoms with Crippen molar-refractivity contribution in [3.05, 3.63) is 35.1 Å². The molecule has 0 aliphatic heterocycles. The summed E-state index contributed by atoms with van der Waals surface area (Å²) in [4.78, 5) is 17.9. The standard InChI is InChI=1S/C23H37FNO5P/c1-2-3-4-5-6-7-8-9-10-11-12-13-23(19-30-31(26,27)28)29-18-21-14-20(17-25)15-22(24)16-21/h14-16,23H,2-13,18-19H2,1H3,(H2,26,27,28)/t23-/m0/s1. The van der Waals surface area contributed by atoms with E-state index in [2.05, 4.69) is 11.4 Å². The zero-order chi connectivity index (χ0) is 23.0. The molecule has 0 heterocycles. The van der Waals surface area contributed by atoms with Gasteiger partial charge < -0.3 is 14.5 Å². The molecular formula is C23H37FNO5P. The quantitative estimate of drug-likeness (QED) is 0.196. The number of hydrogen-bond donors (Lipinski definition) is 2. The molecule has 1 atom stereocenters. The maximum absolute atomic E-state index is 13.6. The molecule has 1 aromatic rings. The van der Waals surface area contributed by atoms with E-state index < -0.39 is 19.7 Å². The van der Waals surface area contributed by atoms with Gasteiger partial charge in [0.2, 0.25) is 0 Å². The van der Waals surface area contributed by atoms with Gasteiger partial charge in [-0.25, -0.2) is 8.96 Å². The van der Waals surface area contributed by atoms with Crippen molar-refractivity contribution >= 4 is 7.82 Å². The van der Waals surface area contributed by atoms with Crippen molar-refractivity contribution in [3.63, 3.8) is 0 Å². The van der Waals surface area contributed by atoms with Crippen LogP contribution in [0.4, 0.5) is 4.39 Å². The van der Waals surface area contributed by atoms with Gasteiger partial charge in [0.05, 0.1) is 31.0 Å². The number of rotatable bonds is 18. The predicted molar refractivity (Wildman–Crippen MR) is 119 cm³/mol. The minimum absolute atomic E-state index is 0.0413. The van der Waals surface area contributed by atoms with E-state index in [1.807, 2.05) is 6.07 Å².